The number of aromatic nitrogens is 1. The molecule has 84 valence electrons. The van der Waals surface area contributed by atoms with E-state index in [1.807, 2.05) is 12.1 Å². The Kier molecular flexibility index (Phi) is 3.36. The summed E-state index contributed by atoms with van der Waals surface area (Å²) < 4.78 is 1.44. The lowest BCUT2D eigenvalue weighted by Crippen LogP contribution is -2.17. The van der Waals surface area contributed by atoms with E-state index in [0.717, 1.165) is 22.6 Å². The highest BCUT2D eigenvalue weighted by atomic mass is 32.1. The van der Waals surface area contributed by atoms with Crippen molar-refractivity contribution in [1.82, 2.24) is 4.57 Å². The highest BCUT2D eigenvalue weighted by Gasteiger charge is 2.10. The van der Waals surface area contributed by atoms with Gasteiger partial charge in [-0.2, -0.15) is 0 Å². The lowest BCUT2D eigenvalue weighted by atomic mass is 10.3. The van der Waals surface area contributed by atoms with E-state index < -0.39 is 0 Å². The van der Waals surface area contributed by atoms with Crippen molar-refractivity contribution in [2.75, 3.05) is 0 Å². The van der Waals surface area contributed by atoms with Crippen molar-refractivity contribution in [1.29, 1.82) is 0 Å². The van der Waals surface area contributed by atoms with Gasteiger partial charge in [-0.25, -0.2) is 0 Å². The zero-order valence-corrected chi connectivity index (χ0v) is 10.4. The normalized spacial score (nSPS) is 10.6. The third-order valence-electron chi connectivity index (χ3n) is 2.24. The predicted octanol–water partition coefficient (Wildman–Crippen LogP) is 2.42. The molecule has 2 aromatic rings. The van der Waals surface area contributed by atoms with E-state index in [-0.39, 0.29) is 17.2 Å². The Morgan fingerprint density at radius 1 is 1.44 bits per heavy atom. The number of aryl methyl sites for hydroxylation is 1. The van der Waals surface area contributed by atoms with Gasteiger partial charge >= 0.3 is 4.87 Å². The number of thiophene rings is 1. The van der Waals surface area contributed by atoms with Crippen LogP contribution < -0.4 is 4.87 Å². The number of Topliss-reactive ketones (excluding diaryl/α,β-unsaturated/α-hetero) is 1. The largest absolute Gasteiger partial charge is 0.307 e. The second-order valence-electron chi connectivity index (χ2n) is 3.34. The summed E-state index contributed by atoms with van der Waals surface area (Å²) in [6.07, 6.45) is 2.59. The van der Waals surface area contributed by atoms with Gasteiger partial charge < -0.3 is 0 Å². The quantitative estimate of drug-likeness (QED) is 0.785. The van der Waals surface area contributed by atoms with Crippen LogP contribution in [0, 0.1) is 0 Å². The van der Waals surface area contributed by atoms with E-state index in [4.69, 9.17) is 0 Å². The zero-order valence-electron chi connectivity index (χ0n) is 8.80. The van der Waals surface area contributed by atoms with Gasteiger partial charge in [0.15, 0.2) is 5.78 Å². The summed E-state index contributed by atoms with van der Waals surface area (Å²) in [5.41, 5.74) is 0. The molecule has 5 heteroatoms. The van der Waals surface area contributed by atoms with Crippen molar-refractivity contribution >= 4 is 28.5 Å². The molecular formula is C11H11NO2S2. The fraction of sp³-hybridized carbons (Fsp3) is 0.273. The van der Waals surface area contributed by atoms with E-state index in [0.29, 0.717) is 0 Å². The van der Waals surface area contributed by atoms with E-state index in [2.05, 4.69) is 6.92 Å². The molecule has 0 bridgehead atoms. The minimum Gasteiger partial charge on any atom is -0.298 e. The van der Waals surface area contributed by atoms with Crippen molar-refractivity contribution in [3.63, 3.8) is 0 Å². The molecule has 0 atom stereocenters. The molecule has 0 amide bonds. The molecule has 0 spiro atoms. The number of thiazole rings is 1. The second kappa shape index (κ2) is 4.76. The molecule has 0 aliphatic heterocycles. The van der Waals surface area contributed by atoms with Gasteiger partial charge in [-0.05, 0) is 18.6 Å². The van der Waals surface area contributed by atoms with E-state index >= 15 is 0 Å². The Balaban J connectivity index is 2.14. The van der Waals surface area contributed by atoms with Crippen molar-refractivity contribution in [2.24, 2.45) is 0 Å². The number of hydrogen-bond acceptors (Lipinski definition) is 4. The van der Waals surface area contributed by atoms with Crippen LogP contribution in [-0.4, -0.2) is 10.4 Å². The zero-order chi connectivity index (χ0) is 11.5. The molecule has 0 N–H and O–H groups in total. The first kappa shape index (κ1) is 11.3. The Labute approximate surface area is 101 Å². The van der Waals surface area contributed by atoms with Crippen LogP contribution in [0.2, 0.25) is 0 Å². The fourth-order valence-electron chi connectivity index (χ4n) is 1.36. The maximum Gasteiger partial charge on any atom is 0.307 e. The first-order valence-corrected chi connectivity index (χ1v) is 6.66. The molecule has 2 heterocycles. The summed E-state index contributed by atoms with van der Waals surface area (Å²) >= 11 is 2.62. The maximum absolute atomic E-state index is 11.8. The number of carbonyl (C=O) groups is 1. The molecule has 0 saturated heterocycles. The number of rotatable bonds is 4. The van der Waals surface area contributed by atoms with Crippen LogP contribution >= 0.6 is 22.7 Å². The van der Waals surface area contributed by atoms with Crippen LogP contribution in [-0.2, 0) is 13.0 Å². The number of nitrogens with zero attached hydrogens (tertiary/aromatic N) is 1. The van der Waals surface area contributed by atoms with Crippen LogP contribution in [0.1, 0.15) is 21.5 Å². The molecule has 3 nitrogen and oxygen atoms in total. The highest BCUT2D eigenvalue weighted by molar-refractivity contribution is 7.14. The first-order chi connectivity index (χ1) is 7.70. The average Bonchev–Trinajstić information content (AvgIpc) is 2.88. The van der Waals surface area contributed by atoms with Crippen LogP contribution in [0.5, 0.6) is 0 Å². The summed E-state index contributed by atoms with van der Waals surface area (Å²) in [6.45, 7) is 2.20. The minimum absolute atomic E-state index is 0.00481. The van der Waals surface area contributed by atoms with Crippen LogP contribution in [0.3, 0.4) is 0 Å². The monoisotopic (exact) mass is 253 g/mol. The lowest BCUT2D eigenvalue weighted by Gasteiger charge is -1.97. The topological polar surface area (TPSA) is 39.1 Å². The van der Waals surface area contributed by atoms with E-state index in [1.165, 1.54) is 20.8 Å². The van der Waals surface area contributed by atoms with Gasteiger partial charge in [-0.1, -0.05) is 18.3 Å². The van der Waals surface area contributed by atoms with Gasteiger partial charge in [0.25, 0.3) is 0 Å². The fourth-order valence-corrected chi connectivity index (χ4v) is 2.82. The summed E-state index contributed by atoms with van der Waals surface area (Å²) in [4.78, 5) is 25.0. The summed E-state index contributed by atoms with van der Waals surface area (Å²) in [5.74, 6) is 0.00481. The van der Waals surface area contributed by atoms with Crippen LogP contribution in [0.4, 0.5) is 0 Å². The first-order valence-electron chi connectivity index (χ1n) is 4.96. The van der Waals surface area contributed by atoms with E-state index in [9.17, 15) is 9.59 Å². The van der Waals surface area contributed by atoms with Crippen molar-refractivity contribution in [3.8, 4) is 0 Å². The van der Waals surface area contributed by atoms with Crippen molar-refractivity contribution in [2.45, 2.75) is 19.9 Å². The Hall–Kier alpha value is -1.20. The lowest BCUT2D eigenvalue weighted by molar-refractivity contribution is 0.0975. The SMILES string of the molecule is CCc1ccc(C(=O)Cn2ccsc2=O)s1. The van der Waals surface area contributed by atoms with E-state index in [1.54, 1.807) is 11.6 Å². The number of carbonyl (C=O) groups excluding carboxylic acids is 1. The summed E-state index contributed by atoms with van der Waals surface area (Å²) in [6, 6.07) is 3.80. The average molecular weight is 253 g/mol. The van der Waals surface area contributed by atoms with Gasteiger partial charge in [0.1, 0.15) is 0 Å². The molecular weight excluding hydrogens is 242 g/mol. The molecule has 16 heavy (non-hydrogen) atoms. The number of ketones is 1. The van der Waals surface area contributed by atoms with Gasteiger partial charge in [-0.3, -0.25) is 14.2 Å². The Bertz CT molecular complexity index is 550. The van der Waals surface area contributed by atoms with Gasteiger partial charge in [-0.15, -0.1) is 11.3 Å². The Morgan fingerprint density at radius 3 is 2.81 bits per heavy atom. The van der Waals surface area contributed by atoms with Crippen molar-refractivity contribution < 1.29 is 4.79 Å². The van der Waals surface area contributed by atoms with Gasteiger partial charge in [0, 0.05) is 16.5 Å². The summed E-state index contributed by atoms with van der Waals surface area (Å²) in [5, 5.41) is 1.70. The second-order valence-corrected chi connectivity index (χ2v) is 5.36. The third kappa shape index (κ3) is 2.31. The minimum atomic E-state index is -0.0828. The molecule has 0 radical (unpaired) electrons. The summed E-state index contributed by atoms with van der Waals surface area (Å²) in [7, 11) is 0. The van der Waals surface area contributed by atoms with Gasteiger partial charge in [0.05, 0.1) is 11.4 Å². The molecule has 0 saturated carbocycles. The smallest absolute Gasteiger partial charge is 0.298 e. The predicted molar refractivity (Wildman–Crippen MR) is 66.6 cm³/mol. The molecule has 0 unspecified atom stereocenters. The van der Waals surface area contributed by atoms with Crippen LogP contribution in [0.25, 0.3) is 0 Å². The maximum atomic E-state index is 11.8. The molecule has 2 aromatic heterocycles. The van der Waals surface area contributed by atoms with Crippen molar-refractivity contribution in [3.05, 3.63) is 43.1 Å². The third-order valence-corrected chi connectivity index (χ3v) is 4.21. The van der Waals surface area contributed by atoms with Crippen LogP contribution in [0.15, 0.2) is 28.5 Å². The number of hydrogen-bond donors (Lipinski definition) is 0. The standard InChI is InChI=1S/C11H11NO2S2/c1-2-8-3-4-10(16-8)9(13)7-12-5-6-15-11(12)14/h3-6H,2,7H2,1H3. The highest BCUT2D eigenvalue weighted by Crippen LogP contribution is 2.17. The molecule has 0 fully saturated rings. The molecule has 0 aliphatic carbocycles. The molecule has 0 aromatic carbocycles. The Morgan fingerprint density at radius 2 is 2.25 bits per heavy atom. The molecule has 0 aliphatic rings. The molecule has 2 rings (SSSR count). The van der Waals surface area contributed by atoms with Gasteiger partial charge in [0.2, 0.25) is 0 Å².